The average molecular weight is 322 g/mol. The van der Waals surface area contributed by atoms with E-state index in [9.17, 15) is 0 Å². The van der Waals surface area contributed by atoms with Gasteiger partial charge in [0.05, 0.1) is 22.1 Å². The van der Waals surface area contributed by atoms with Crippen molar-refractivity contribution >= 4 is 45.0 Å². The summed E-state index contributed by atoms with van der Waals surface area (Å²) in [5, 5.41) is 2.05. The highest BCUT2D eigenvalue weighted by Crippen LogP contribution is 2.31. The van der Waals surface area contributed by atoms with Crippen LogP contribution in [0, 0.1) is 0 Å². The van der Waals surface area contributed by atoms with E-state index in [1.165, 1.54) is 0 Å². The first kappa shape index (κ1) is 13.9. The van der Waals surface area contributed by atoms with E-state index in [4.69, 9.17) is 4.98 Å². The van der Waals surface area contributed by atoms with Crippen molar-refractivity contribution in [2.45, 2.75) is 0 Å². The minimum atomic E-state index is 0.820. The van der Waals surface area contributed by atoms with E-state index in [1.54, 1.807) is 12.4 Å². The highest BCUT2D eigenvalue weighted by atomic mass is 14.9. The zero-order valence-corrected chi connectivity index (χ0v) is 13.3. The maximum Gasteiger partial charge on any atom is 0.131 e. The van der Waals surface area contributed by atoms with Crippen molar-refractivity contribution in [1.29, 1.82) is 0 Å². The number of benzene rings is 2. The van der Waals surface area contributed by atoms with Crippen LogP contribution < -0.4 is 0 Å². The lowest BCUT2D eigenvalue weighted by molar-refractivity contribution is 1.30. The molecule has 0 spiro atoms. The Bertz CT molecular complexity index is 1160. The van der Waals surface area contributed by atoms with Gasteiger partial charge >= 0.3 is 0 Å². The van der Waals surface area contributed by atoms with Crippen LogP contribution in [0.4, 0.5) is 0 Å². The zero-order chi connectivity index (χ0) is 16.6. The molecule has 25 heavy (non-hydrogen) atoms. The van der Waals surface area contributed by atoms with Crippen molar-refractivity contribution in [3.05, 3.63) is 78.4 Å². The summed E-state index contributed by atoms with van der Waals surface area (Å²) in [5.41, 5.74) is 4.84. The van der Waals surface area contributed by atoms with Gasteiger partial charge in [0.15, 0.2) is 0 Å². The molecular formula is C21H14N4. The zero-order valence-electron chi connectivity index (χ0n) is 13.3. The van der Waals surface area contributed by atoms with Crippen LogP contribution in [-0.2, 0) is 0 Å². The normalized spacial score (nSPS) is 11.8. The lowest BCUT2D eigenvalue weighted by Crippen LogP contribution is -1.86. The molecule has 5 rings (SSSR count). The number of nitrogens with one attached hydrogen (secondary N) is 1. The van der Waals surface area contributed by atoms with Gasteiger partial charge in [-0.25, -0.2) is 4.98 Å². The highest BCUT2D eigenvalue weighted by Gasteiger charge is 2.13. The summed E-state index contributed by atoms with van der Waals surface area (Å²) in [6, 6.07) is 18.2. The second-order valence-electron chi connectivity index (χ2n) is 5.89. The van der Waals surface area contributed by atoms with Crippen molar-refractivity contribution in [3.63, 3.8) is 0 Å². The third-order valence-electron chi connectivity index (χ3n) is 4.32. The summed E-state index contributed by atoms with van der Waals surface area (Å²) >= 11 is 0. The number of imidazole rings is 1. The van der Waals surface area contributed by atoms with Crippen LogP contribution >= 0.6 is 0 Å². The Kier molecular flexibility index (Phi) is 3.07. The smallest absolute Gasteiger partial charge is 0.131 e. The van der Waals surface area contributed by atoms with Crippen LogP contribution in [0.2, 0.25) is 0 Å². The predicted octanol–water partition coefficient (Wildman–Crippen LogP) is 4.83. The number of rotatable bonds is 2. The van der Waals surface area contributed by atoms with E-state index in [0.29, 0.717) is 0 Å². The third-order valence-corrected chi connectivity index (χ3v) is 4.32. The molecule has 0 aliphatic carbocycles. The van der Waals surface area contributed by atoms with Gasteiger partial charge in [-0.1, -0.05) is 36.4 Å². The van der Waals surface area contributed by atoms with Gasteiger partial charge in [0.1, 0.15) is 5.82 Å². The molecule has 0 atom stereocenters. The van der Waals surface area contributed by atoms with Gasteiger partial charge in [0, 0.05) is 23.2 Å². The number of hydrogen-bond donors (Lipinski definition) is 1. The van der Waals surface area contributed by atoms with Crippen LogP contribution in [0.5, 0.6) is 0 Å². The Morgan fingerprint density at radius 3 is 2.20 bits per heavy atom. The van der Waals surface area contributed by atoms with Crippen LogP contribution in [0.1, 0.15) is 11.4 Å². The number of aromatic nitrogens is 4. The molecule has 0 saturated heterocycles. The molecule has 0 radical (unpaired) electrons. The minimum absolute atomic E-state index is 0.820. The quantitative estimate of drug-likeness (QED) is 0.474. The first-order valence-corrected chi connectivity index (χ1v) is 8.14. The van der Waals surface area contributed by atoms with Gasteiger partial charge < -0.3 is 4.98 Å². The van der Waals surface area contributed by atoms with Crippen molar-refractivity contribution in [2.75, 3.05) is 0 Å². The second kappa shape index (κ2) is 5.53. The Morgan fingerprint density at radius 1 is 0.680 bits per heavy atom. The van der Waals surface area contributed by atoms with Crippen molar-refractivity contribution < 1.29 is 0 Å². The molecule has 4 nitrogen and oxygen atoms in total. The van der Waals surface area contributed by atoms with E-state index in [1.807, 2.05) is 42.5 Å². The van der Waals surface area contributed by atoms with Crippen LogP contribution in [0.15, 0.2) is 67.0 Å². The highest BCUT2D eigenvalue weighted by molar-refractivity contribution is 6.20. The fourth-order valence-corrected chi connectivity index (χ4v) is 3.18. The number of hydrogen-bond acceptors (Lipinski definition) is 3. The van der Waals surface area contributed by atoms with Crippen LogP contribution in [0.3, 0.4) is 0 Å². The summed E-state index contributed by atoms with van der Waals surface area (Å²) < 4.78 is 0. The van der Waals surface area contributed by atoms with E-state index in [0.717, 1.165) is 44.2 Å². The SMILES string of the molecule is C(=C\c1nc2c3cccnc3c3ncccc3c2[nH]1)/c1ccccc1. The fourth-order valence-electron chi connectivity index (χ4n) is 3.18. The molecule has 0 amide bonds. The number of H-pyrrole nitrogens is 1. The first-order valence-electron chi connectivity index (χ1n) is 8.14. The van der Waals surface area contributed by atoms with Crippen molar-refractivity contribution in [2.24, 2.45) is 0 Å². The van der Waals surface area contributed by atoms with E-state index < -0.39 is 0 Å². The van der Waals surface area contributed by atoms with Gasteiger partial charge in [-0.05, 0) is 35.9 Å². The summed E-state index contributed by atoms with van der Waals surface area (Å²) in [6.45, 7) is 0. The van der Waals surface area contributed by atoms with Gasteiger partial charge in [-0.3, -0.25) is 9.97 Å². The number of pyridine rings is 2. The molecular weight excluding hydrogens is 308 g/mol. The van der Waals surface area contributed by atoms with Crippen LogP contribution in [0.25, 0.3) is 45.0 Å². The van der Waals surface area contributed by atoms with Gasteiger partial charge in [-0.2, -0.15) is 0 Å². The molecule has 3 aromatic heterocycles. The van der Waals surface area contributed by atoms with Crippen LogP contribution in [-0.4, -0.2) is 19.9 Å². The summed E-state index contributed by atoms with van der Waals surface area (Å²) in [7, 11) is 0. The molecule has 4 heteroatoms. The monoisotopic (exact) mass is 322 g/mol. The third kappa shape index (κ3) is 2.27. The lowest BCUT2D eigenvalue weighted by Gasteiger charge is -2.03. The Morgan fingerprint density at radius 2 is 1.40 bits per heavy atom. The van der Waals surface area contributed by atoms with Gasteiger partial charge in [-0.15, -0.1) is 0 Å². The lowest BCUT2D eigenvalue weighted by atomic mass is 10.1. The average Bonchev–Trinajstić information content (AvgIpc) is 3.12. The molecule has 118 valence electrons. The molecule has 2 aromatic carbocycles. The molecule has 5 aromatic rings. The molecule has 3 heterocycles. The Labute approximate surface area is 143 Å². The predicted molar refractivity (Wildman–Crippen MR) is 102 cm³/mol. The topological polar surface area (TPSA) is 54.5 Å². The Hall–Kier alpha value is -3.53. The molecule has 0 unspecified atom stereocenters. The summed E-state index contributed by atoms with van der Waals surface area (Å²) in [6.07, 6.45) is 7.65. The molecule has 0 fully saturated rings. The molecule has 0 bridgehead atoms. The summed E-state index contributed by atoms with van der Waals surface area (Å²) in [4.78, 5) is 17.3. The maximum atomic E-state index is 4.80. The van der Waals surface area contributed by atoms with Gasteiger partial charge in [0.2, 0.25) is 0 Å². The first-order chi connectivity index (χ1) is 12.4. The van der Waals surface area contributed by atoms with E-state index >= 15 is 0 Å². The largest absolute Gasteiger partial charge is 0.338 e. The number of fused-ring (bicyclic) bond motifs is 6. The molecule has 0 saturated carbocycles. The number of aromatic amines is 1. The standard InChI is InChI=1S/C21H14N4/c1-2-6-14(7-3-1)10-11-17-24-20-15-8-4-12-22-18(15)19-16(21(20)25-17)9-5-13-23-19/h1-13H,(H,24,25)/b11-10+. The minimum Gasteiger partial charge on any atom is -0.338 e. The van der Waals surface area contributed by atoms with E-state index in [2.05, 4.69) is 39.2 Å². The Balaban J connectivity index is 1.78. The van der Waals surface area contributed by atoms with Gasteiger partial charge in [0.25, 0.3) is 0 Å². The van der Waals surface area contributed by atoms with Crippen molar-refractivity contribution in [1.82, 2.24) is 19.9 Å². The molecule has 0 aliphatic rings. The molecule has 1 N–H and O–H groups in total. The fraction of sp³-hybridized carbons (Fsp3) is 0. The van der Waals surface area contributed by atoms with E-state index in [-0.39, 0.29) is 0 Å². The number of nitrogens with zero attached hydrogens (tertiary/aromatic N) is 3. The van der Waals surface area contributed by atoms with Crippen molar-refractivity contribution in [3.8, 4) is 0 Å². The second-order valence-corrected chi connectivity index (χ2v) is 5.89. The summed E-state index contributed by atoms with van der Waals surface area (Å²) in [5.74, 6) is 0.820. The maximum absolute atomic E-state index is 4.80. The molecule has 0 aliphatic heterocycles.